The van der Waals surface area contributed by atoms with Gasteiger partial charge in [0.1, 0.15) is 11.5 Å². The molecule has 0 spiro atoms. The number of rotatable bonds is 17. The van der Waals surface area contributed by atoms with Crippen LogP contribution in [0.5, 0.6) is 11.5 Å². The van der Waals surface area contributed by atoms with Crippen molar-refractivity contribution >= 4 is 37.0 Å². The zero-order valence-corrected chi connectivity index (χ0v) is 47.0. The Hall–Kier alpha value is -4.28. The number of hydrogen-bond donors (Lipinski definition) is 1. The minimum Gasteiger partial charge on any atom is -0.507 e. The van der Waals surface area contributed by atoms with E-state index >= 15 is 0 Å². The average molecular weight is 991 g/mol. The molecular formula is C56H75N3O5S2Si2. The molecule has 2 heterocycles. The number of aromatic hydroxyl groups is 1. The normalized spacial score (nSPS) is 19.9. The van der Waals surface area contributed by atoms with Gasteiger partial charge in [-0.05, 0) is 140 Å². The van der Waals surface area contributed by atoms with E-state index in [1.54, 1.807) is 6.07 Å². The van der Waals surface area contributed by atoms with Gasteiger partial charge in [0.2, 0.25) is 16.6 Å². The highest BCUT2D eigenvalue weighted by Crippen LogP contribution is 2.71. The van der Waals surface area contributed by atoms with Crippen molar-refractivity contribution in [2.75, 3.05) is 44.1 Å². The van der Waals surface area contributed by atoms with Crippen LogP contribution in [-0.4, -0.2) is 96.6 Å². The highest BCUT2D eigenvalue weighted by Gasteiger charge is 2.72. The number of nitrogens with zero attached hydrogens (tertiary/aromatic N) is 3. The van der Waals surface area contributed by atoms with Gasteiger partial charge in [0.05, 0.1) is 27.9 Å². The summed E-state index contributed by atoms with van der Waals surface area (Å²) in [5.74, 6) is 2.00. The standard InChI is InChI=1S/C56H75N3O5S2Si2/c1-53(2,63-67(14,15)55(5,6)62-66(11,12)13)56(7)38-47(68(56,16)64-54(3,4)65(8,9)10)39-61-46-35-36-48(49(60)37-46)52-58-50(44-31-27-42(28-32-44)40-23-19-17-20-24-40)57-51(59-52)45-33-29-43(30-34-45)41-25-21-18-22-26-41/h17-37,47,60H,38-39H2,1-16H3. The maximum atomic E-state index is 11.8. The van der Waals surface area contributed by atoms with Crippen molar-refractivity contribution < 1.29 is 22.9 Å². The van der Waals surface area contributed by atoms with E-state index in [4.69, 9.17) is 32.7 Å². The van der Waals surface area contributed by atoms with Crippen molar-refractivity contribution in [1.29, 1.82) is 0 Å². The van der Waals surface area contributed by atoms with Crippen molar-refractivity contribution in [1.82, 2.24) is 15.0 Å². The predicted molar refractivity (Wildman–Crippen MR) is 296 cm³/mol. The fourth-order valence-corrected chi connectivity index (χ4v) is 20.5. The van der Waals surface area contributed by atoms with Gasteiger partial charge in [-0.15, -0.1) is 10.3 Å². The minimum absolute atomic E-state index is 0.0280. The van der Waals surface area contributed by atoms with Crippen LogP contribution < -0.4 is 4.74 Å². The van der Waals surface area contributed by atoms with Crippen LogP contribution >= 0.6 is 20.3 Å². The minimum atomic E-state index is -2.65. The van der Waals surface area contributed by atoms with E-state index < -0.39 is 47.8 Å². The van der Waals surface area contributed by atoms with Crippen LogP contribution in [0.15, 0.2) is 127 Å². The van der Waals surface area contributed by atoms with E-state index in [1.165, 1.54) is 0 Å². The van der Waals surface area contributed by atoms with Gasteiger partial charge in [-0.1, -0.05) is 116 Å². The number of hydrogen-bond acceptors (Lipinski definition) is 8. The molecule has 0 radical (unpaired) electrons. The van der Waals surface area contributed by atoms with Gasteiger partial charge >= 0.3 is 0 Å². The lowest BCUT2D eigenvalue weighted by Gasteiger charge is -2.68. The molecule has 6 aromatic rings. The van der Waals surface area contributed by atoms with Gasteiger partial charge in [0.25, 0.3) is 0 Å². The molecule has 3 atom stereocenters. The third-order valence-corrected chi connectivity index (χ3v) is 29.1. The first-order chi connectivity index (χ1) is 31.5. The quantitative estimate of drug-likeness (QED) is 0.0903. The van der Waals surface area contributed by atoms with Crippen LogP contribution in [-0.2, 0) is 13.0 Å². The van der Waals surface area contributed by atoms with E-state index in [1.807, 2.05) is 72.8 Å². The summed E-state index contributed by atoms with van der Waals surface area (Å²) in [7, 11) is -7.42. The first-order valence-electron chi connectivity index (χ1n) is 23.6. The fourth-order valence-electron chi connectivity index (χ4n) is 9.33. The molecule has 7 rings (SSSR count). The topological polar surface area (TPSA) is 95.8 Å². The van der Waals surface area contributed by atoms with Crippen LogP contribution in [0.2, 0.25) is 30.2 Å². The molecule has 1 aromatic heterocycles. The number of phenols is 1. The van der Waals surface area contributed by atoms with Crippen LogP contribution in [0.25, 0.3) is 56.4 Å². The Morgan fingerprint density at radius 3 is 1.53 bits per heavy atom. The van der Waals surface area contributed by atoms with E-state index in [0.717, 1.165) is 39.8 Å². The smallest absolute Gasteiger partial charge is 0.219 e. The molecule has 0 bridgehead atoms. The van der Waals surface area contributed by atoms with E-state index in [0.29, 0.717) is 35.4 Å². The second kappa shape index (κ2) is 18.8. The molecular weight excluding hydrogens is 915 g/mol. The van der Waals surface area contributed by atoms with Gasteiger partial charge in [-0.25, -0.2) is 25.0 Å². The van der Waals surface area contributed by atoms with E-state index in [-0.39, 0.29) is 21.3 Å². The van der Waals surface area contributed by atoms with E-state index in [2.05, 4.69) is 154 Å². The van der Waals surface area contributed by atoms with Crippen molar-refractivity contribution in [3.63, 3.8) is 0 Å². The Bertz CT molecular complexity index is 2600. The summed E-state index contributed by atoms with van der Waals surface area (Å²) in [6, 6.07) is 42.5. The number of aromatic nitrogens is 3. The molecule has 8 nitrogen and oxygen atoms in total. The Kier molecular flexibility index (Phi) is 14.3. The second-order valence-corrected chi connectivity index (χ2v) is 39.3. The largest absolute Gasteiger partial charge is 0.507 e. The highest BCUT2D eigenvalue weighted by atomic mass is 32.3. The lowest BCUT2D eigenvalue weighted by atomic mass is 9.85. The molecule has 0 aliphatic carbocycles. The molecule has 68 heavy (non-hydrogen) atoms. The summed E-state index contributed by atoms with van der Waals surface area (Å²) in [6.45, 7) is 23.4. The molecule has 0 amide bonds. The molecule has 1 fully saturated rings. The summed E-state index contributed by atoms with van der Waals surface area (Å²) in [5, 5.41) is 11.2. The molecule has 3 unspecified atom stereocenters. The summed E-state index contributed by atoms with van der Waals surface area (Å²) in [4.78, 5) is 14.6. The van der Waals surface area contributed by atoms with E-state index in [9.17, 15) is 5.11 Å². The maximum absolute atomic E-state index is 11.8. The number of benzene rings is 5. The molecule has 1 N–H and O–H groups in total. The van der Waals surface area contributed by atoms with Gasteiger partial charge in [0, 0.05) is 27.8 Å². The first kappa shape index (κ1) is 51.6. The van der Waals surface area contributed by atoms with Crippen LogP contribution in [0.3, 0.4) is 0 Å². The molecule has 1 aliphatic heterocycles. The second-order valence-electron chi connectivity index (χ2n) is 22.3. The molecule has 0 saturated carbocycles. The zero-order valence-electron chi connectivity index (χ0n) is 43.4. The van der Waals surface area contributed by atoms with Crippen molar-refractivity contribution in [3.05, 3.63) is 127 Å². The zero-order chi connectivity index (χ0) is 49.7. The number of phenolic OH excluding ortho intramolecular Hbond substituents is 1. The third-order valence-electron chi connectivity index (χ3n) is 15.0. The summed E-state index contributed by atoms with van der Waals surface area (Å²) in [5.41, 5.74) is 6.33. The molecule has 364 valence electrons. The fraction of sp³-hybridized carbons (Fsp3) is 0.411. The Labute approximate surface area is 412 Å². The predicted octanol–water partition coefficient (Wildman–Crippen LogP) is 14.8. The molecule has 5 aromatic carbocycles. The molecule has 12 heteroatoms. The maximum Gasteiger partial charge on any atom is 0.219 e. The molecule has 1 aliphatic rings. The van der Waals surface area contributed by atoms with Crippen molar-refractivity contribution in [2.24, 2.45) is 0 Å². The Morgan fingerprint density at radius 1 is 0.647 bits per heavy atom. The van der Waals surface area contributed by atoms with Gasteiger partial charge < -0.3 is 22.9 Å². The summed E-state index contributed by atoms with van der Waals surface area (Å²) >= 11 is 0. The Balaban J connectivity index is 1.18. The number of ether oxygens (including phenoxy) is 1. The van der Waals surface area contributed by atoms with Gasteiger partial charge in [-0.2, -0.15) is 0 Å². The lowest BCUT2D eigenvalue weighted by Crippen LogP contribution is -2.72. The van der Waals surface area contributed by atoms with Gasteiger partial charge in [0.15, 0.2) is 17.5 Å². The van der Waals surface area contributed by atoms with Crippen molar-refractivity contribution in [3.8, 4) is 67.9 Å². The third kappa shape index (κ3) is 10.6. The summed E-state index contributed by atoms with van der Waals surface area (Å²) in [6.07, 6.45) is 14.5. The molecule has 1 saturated heterocycles. The monoisotopic (exact) mass is 989 g/mol. The summed E-state index contributed by atoms with van der Waals surface area (Å²) < 4.78 is 28.5. The van der Waals surface area contributed by atoms with Crippen LogP contribution in [0.1, 0.15) is 54.9 Å². The van der Waals surface area contributed by atoms with Crippen LogP contribution in [0, 0.1) is 0 Å². The first-order valence-corrected chi connectivity index (χ1v) is 34.6. The van der Waals surface area contributed by atoms with Gasteiger partial charge in [-0.3, -0.25) is 0 Å². The van der Waals surface area contributed by atoms with Crippen LogP contribution in [0.4, 0.5) is 0 Å². The SMILES string of the molecule is CC(C)(O[Si](C)(C)C(C)(C)OS(C)(C)C)C1(C)CC(COc2ccc(-c3nc(-c4ccc(-c5ccccc5)cc4)nc(-c4ccc(-c5ccccc5)cc4)n3)c(O)c2)[Si]1(C)OC(C)(C)S(C)(C)C. The lowest BCUT2D eigenvalue weighted by molar-refractivity contribution is -0.0125. The average Bonchev–Trinajstić information content (AvgIpc) is 3.26. The Morgan fingerprint density at radius 2 is 1.09 bits per heavy atom. The highest BCUT2D eigenvalue weighted by molar-refractivity contribution is 8.33. The van der Waals surface area contributed by atoms with Crippen molar-refractivity contribution in [2.45, 2.75) is 101 Å².